The minimum atomic E-state index is 1.06. The molecule has 50 valence electrons. The smallest absolute Gasteiger partial charge is 0.0647 e. The maximum Gasteiger partial charge on any atom is 0.0647 e. The van der Waals surface area contributed by atoms with Crippen molar-refractivity contribution in [2.75, 3.05) is 0 Å². The zero-order chi connectivity index (χ0) is 6.97. The maximum atomic E-state index is 5.79. The van der Waals surface area contributed by atoms with Gasteiger partial charge in [-0.1, -0.05) is 18.2 Å². The zero-order valence-corrected chi connectivity index (χ0v) is 6.05. The molecule has 1 aromatic carbocycles. The first-order chi connectivity index (χ1) is 4.88. The molecule has 0 aliphatic carbocycles. The number of fused-ring (bicyclic) bond motifs is 1. The minimum absolute atomic E-state index is 1.06. The Kier molecular flexibility index (Phi) is 1.18. The number of benzene rings is 1. The second-order valence-corrected chi connectivity index (χ2v) is 2.55. The Labute approximate surface area is 63.9 Å². The molecule has 0 bridgehead atoms. The molecule has 0 unspecified atom stereocenters. The summed E-state index contributed by atoms with van der Waals surface area (Å²) >= 11 is 5.79. The van der Waals surface area contributed by atoms with Crippen LogP contribution in [-0.4, -0.2) is 4.09 Å². The second kappa shape index (κ2) is 2.03. The lowest BCUT2D eigenvalue weighted by Crippen LogP contribution is -1.72. The van der Waals surface area contributed by atoms with Crippen molar-refractivity contribution in [3.63, 3.8) is 0 Å². The van der Waals surface area contributed by atoms with E-state index in [0.717, 1.165) is 5.52 Å². The maximum absolute atomic E-state index is 5.79. The van der Waals surface area contributed by atoms with Gasteiger partial charge in [-0.3, -0.25) is 4.09 Å². The number of hydrogen-bond acceptors (Lipinski definition) is 0. The number of hydrogen-bond donors (Lipinski definition) is 0. The highest BCUT2D eigenvalue weighted by Crippen LogP contribution is 2.15. The van der Waals surface area contributed by atoms with Crippen LogP contribution in [0.15, 0.2) is 36.5 Å². The van der Waals surface area contributed by atoms with E-state index in [2.05, 4.69) is 0 Å². The Morgan fingerprint density at radius 3 is 2.70 bits per heavy atom. The molecule has 0 fully saturated rings. The van der Waals surface area contributed by atoms with Gasteiger partial charge in [-0.25, -0.2) is 0 Å². The third-order valence-electron chi connectivity index (χ3n) is 1.55. The Balaban J connectivity index is 2.93. The molecule has 0 aliphatic heterocycles. The third-order valence-corrected chi connectivity index (χ3v) is 1.85. The predicted molar refractivity (Wildman–Crippen MR) is 43.2 cm³/mol. The molecule has 0 atom stereocenters. The molecular formula is C8H6ClN. The summed E-state index contributed by atoms with van der Waals surface area (Å²) in [6.45, 7) is 0. The van der Waals surface area contributed by atoms with Crippen molar-refractivity contribution in [3.8, 4) is 0 Å². The largest absolute Gasteiger partial charge is 0.260 e. The van der Waals surface area contributed by atoms with Gasteiger partial charge in [0.25, 0.3) is 0 Å². The molecule has 1 heterocycles. The van der Waals surface area contributed by atoms with Gasteiger partial charge in [-0.05, 0) is 12.1 Å². The summed E-state index contributed by atoms with van der Waals surface area (Å²) in [7, 11) is 0. The first-order valence-corrected chi connectivity index (χ1v) is 3.44. The van der Waals surface area contributed by atoms with E-state index in [1.165, 1.54) is 5.39 Å². The molecule has 0 spiro atoms. The number of rotatable bonds is 0. The van der Waals surface area contributed by atoms with Gasteiger partial charge in [0.15, 0.2) is 0 Å². The second-order valence-electron chi connectivity index (χ2n) is 2.19. The van der Waals surface area contributed by atoms with Crippen molar-refractivity contribution in [1.82, 2.24) is 4.09 Å². The summed E-state index contributed by atoms with van der Waals surface area (Å²) in [5, 5.41) is 1.18. The fourth-order valence-electron chi connectivity index (χ4n) is 1.05. The Bertz CT molecular complexity index is 351. The van der Waals surface area contributed by atoms with Crippen LogP contribution in [0.25, 0.3) is 10.9 Å². The third kappa shape index (κ3) is 0.711. The molecule has 2 rings (SSSR count). The lowest BCUT2D eigenvalue weighted by atomic mass is 10.3. The van der Waals surface area contributed by atoms with Crippen molar-refractivity contribution in [1.29, 1.82) is 0 Å². The molecule has 0 saturated heterocycles. The lowest BCUT2D eigenvalue weighted by molar-refractivity contribution is 1.33. The molecular weight excluding hydrogens is 146 g/mol. The standard InChI is InChI=1S/C8H6ClN/c9-10-6-5-7-3-1-2-4-8(7)10/h1-6H. The van der Waals surface area contributed by atoms with E-state index in [9.17, 15) is 0 Å². The van der Waals surface area contributed by atoms with Crippen LogP contribution < -0.4 is 0 Å². The summed E-state index contributed by atoms with van der Waals surface area (Å²) in [6, 6.07) is 9.99. The van der Waals surface area contributed by atoms with Gasteiger partial charge in [0.1, 0.15) is 0 Å². The lowest BCUT2D eigenvalue weighted by Gasteiger charge is -1.89. The van der Waals surface area contributed by atoms with Crippen LogP contribution >= 0.6 is 11.8 Å². The minimum Gasteiger partial charge on any atom is -0.260 e. The van der Waals surface area contributed by atoms with E-state index in [1.54, 1.807) is 4.09 Å². The van der Waals surface area contributed by atoms with Crippen LogP contribution in [0.3, 0.4) is 0 Å². The topological polar surface area (TPSA) is 4.93 Å². The molecule has 1 aromatic heterocycles. The molecule has 0 amide bonds. The van der Waals surface area contributed by atoms with Crippen molar-refractivity contribution in [2.24, 2.45) is 0 Å². The molecule has 2 heteroatoms. The fraction of sp³-hybridized carbons (Fsp3) is 0. The molecule has 2 aromatic rings. The number of nitrogens with zero attached hydrogens (tertiary/aromatic N) is 1. The molecule has 10 heavy (non-hydrogen) atoms. The highest BCUT2D eigenvalue weighted by atomic mass is 35.5. The number of para-hydroxylation sites is 1. The number of halogens is 1. The van der Waals surface area contributed by atoms with Crippen molar-refractivity contribution >= 4 is 22.7 Å². The Morgan fingerprint density at radius 1 is 1.10 bits per heavy atom. The quantitative estimate of drug-likeness (QED) is 0.546. The molecule has 1 nitrogen and oxygen atoms in total. The zero-order valence-electron chi connectivity index (χ0n) is 5.29. The SMILES string of the molecule is Cln1ccc2ccccc21. The molecule has 0 saturated carbocycles. The van der Waals surface area contributed by atoms with E-state index in [1.807, 2.05) is 36.5 Å². The molecule has 0 N–H and O–H groups in total. The predicted octanol–water partition coefficient (Wildman–Crippen LogP) is 2.64. The van der Waals surface area contributed by atoms with E-state index in [-0.39, 0.29) is 0 Å². The summed E-state index contributed by atoms with van der Waals surface area (Å²) in [6.07, 6.45) is 1.84. The van der Waals surface area contributed by atoms with Gasteiger partial charge >= 0.3 is 0 Å². The van der Waals surface area contributed by atoms with E-state index in [0.29, 0.717) is 0 Å². The van der Waals surface area contributed by atoms with Gasteiger partial charge < -0.3 is 0 Å². The fourth-order valence-corrected chi connectivity index (χ4v) is 1.26. The van der Waals surface area contributed by atoms with E-state index in [4.69, 9.17) is 11.8 Å². The van der Waals surface area contributed by atoms with Gasteiger partial charge in [0, 0.05) is 23.4 Å². The Hall–Kier alpha value is -0.950. The average Bonchev–Trinajstić information content (AvgIpc) is 2.34. The summed E-state index contributed by atoms with van der Waals surface area (Å²) in [5.74, 6) is 0. The van der Waals surface area contributed by atoms with Crippen LogP contribution in [0.2, 0.25) is 0 Å². The molecule has 0 radical (unpaired) electrons. The van der Waals surface area contributed by atoms with Crippen LogP contribution in [0, 0.1) is 0 Å². The van der Waals surface area contributed by atoms with E-state index < -0.39 is 0 Å². The van der Waals surface area contributed by atoms with Crippen molar-refractivity contribution in [3.05, 3.63) is 36.5 Å². The van der Waals surface area contributed by atoms with Crippen LogP contribution in [0.5, 0.6) is 0 Å². The number of aromatic nitrogens is 1. The van der Waals surface area contributed by atoms with Gasteiger partial charge in [0.2, 0.25) is 0 Å². The van der Waals surface area contributed by atoms with Gasteiger partial charge in [-0.15, -0.1) is 0 Å². The van der Waals surface area contributed by atoms with Gasteiger partial charge in [-0.2, -0.15) is 0 Å². The molecule has 0 aliphatic rings. The van der Waals surface area contributed by atoms with Crippen LogP contribution in [0.4, 0.5) is 0 Å². The first-order valence-electron chi connectivity index (χ1n) is 3.10. The van der Waals surface area contributed by atoms with Crippen LogP contribution in [0.1, 0.15) is 0 Å². The summed E-state index contributed by atoms with van der Waals surface area (Å²) < 4.78 is 1.59. The Morgan fingerprint density at radius 2 is 1.90 bits per heavy atom. The summed E-state index contributed by atoms with van der Waals surface area (Å²) in [4.78, 5) is 0. The van der Waals surface area contributed by atoms with Crippen molar-refractivity contribution < 1.29 is 0 Å². The summed E-state index contributed by atoms with van der Waals surface area (Å²) in [5.41, 5.74) is 1.06. The van der Waals surface area contributed by atoms with Crippen LogP contribution in [-0.2, 0) is 0 Å². The highest BCUT2D eigenvalue weighted by Gasteiger charge is 1.94. The van der Waals surface area contributed by atoms with E-state index >= 15 is 0 Å². The average molecular weight is 152 g/mol. The normalized spacial score (nSPS) is 10.5. The van der Waals surface area contributed by atoms with Crippen molar-refractivity contribution in [2.45, 2.75) is 0 Å². The van der Waals surface area contributed by atoms with Gasteiger partial charge in [0.05, 0.1) is 5.52 Å². The monoisotopic (exact) mass is 151 g/mol. The first kappa shape index (κ1) is 5.81. The highest BCUT2D eigenvalue weighted by molar-refractivity contribution is 6.19.